The fourth-order valence-electron chi connectivity index (χ4n) is 2.68. The van der Waals surface area contributed by atoms with Gasteiger partial charge in [0.2, 0.25) is 0 Å². The van der Waals surface area contributed by atoms with Crippen molar-refractivity contribution in [3.05, 3.63) is 35.9 Å². The largest absolute Gasteiger partial charge is 0.304 e. The highest BCUT2D eigenvalue weighted by molar-refractivity contribution is 5.48. The number of rotatable bonds is 3. The molecule has 0 unspecified atom stereocenters. The minimum Gasteiger partial charge on any atom is -0.304 e. The van der Waals surface area contributed by atoms with Gasteiger partial charge in [-0.3, -0.25) is 0 Å². The predicted octanol–water partition coefficient (Wildman–Crippen LogP) is 1.43. The Kier molecular flexibility index (Phi) is 3.53. The highest BCUT2D eigenvalue weighted by Gasteiger charge is 2.14. The fourth-order valence-corrected chi connectivity index (χ4v) is 2.68. The first-order chi connectivity index (χ1) is 9.22. The van der Waals surface area contributed by atoms with Crippen LogP contribution in [0, 0.1) is 6.92 Å². The van der Waals surface area contributed by atoms with Gasteiger partial charge in [0.25, 0.3) is 0 Å². The van der Waals surface area contributed by atoms with E-state index in [0.29, 0.717) is 0 Å². The van der Waals surface area contributed by atoms with Crippen molar-refractivity contribution in [3.8, 4) is 0 Å². The third-order valence-corrected chi connectivity index (χ3v) is 4.01. The summed E-state index contributed by atoms with van der Waals surface area (Å²) >= 11 is 0. The number of nitrogens with zero attached hydrogens (tertiary/aromatic N) is 4. The molecule has 3 rings (SSSR count). The number of fused-ring (bicyclic) bond motifs is 1. The van der Waals surface area contributed by atoms with Gasteiger partial charge in [-0.1, -0.05) is 0 Å². The van der Waals surface area contributed by atoms with Gasteiger partial charge in [-0.25, -0.2) is 4.98 Å². The van der Waals surface area contributed by atoms with E-state index in [0.717, 1.165) is 13.0 Å². The van der Waals surface area contributed by atoms with Gasteiger partial charge < -0.3 is 14.2 Å². The first-order valence-corrected chi connectivity index (χ1v) is 7.06. The van der Waals surface area contributed by atoms with E-state index in [9.17, 15) is 0 Å². The van der Waals surface area contributed by atoms with E-state index in [1.54, 1.807) is 0 Å². The smallest absolute Gasteiger partial charge is 0.114 e. The molecule has 3 heterocycles. The molecule has 0 radical (unpaired) electrons. The molecular formula is C15H22N4. The molecule has 0 spiro atoms. The average Bonchev–Trinajstić information content (AvgIpc) is 2.80. The standard InChI is InChI=1S/C15H22N4/c1-13-3-6-19-14(11-13)12-16-15(19)4-5-18-9-7-17(2)8-10-18/h3,6,11-12H,4-5,7-10H2,1-2H3. The minimum atomic E-state index is 1.03. The Balaban J connectivity index is 1.65. The molecule has 0 saturated carbocycles. The Labute approximate surface area is 114 Å². The summed E-state index contributed by atoms with van der Waals surface area (Å²) in [6, 6.07) is 4.33. The van der Waals surface area contributed by atoms with E-state index < -0.39 is 0 Å². The highest BCUT2D eigenvalue weighted by atomic mass is 15.2. The Bertz CT molecular complexity index is 552. The number of likely N-dealkylation sites (N-methyl/N-ethyl adjacent to an activating group) is 1. The van der Waals surface area contributed by atoms with Crippen molar-refractivity contribution in [2.45, 2.75) is 13.3 Å². The first kappa shape index (κ1) is 12.6. The molecule has 1 aliphatic rings. The summed E-state index contributed by atoms with van der Waals surface area (Å²) in [4.78, 5) is 9.49. The van der Waals surface area contributed by atoms with Crippen LogP contribution in [0.5, 0.6) is 0 Å². The van der Waals surface area contributed by atoms with Gasteiger partial charge in [0, 0.05) is 45.3 Å². The molecule has 4 nitrogen and oxygen atoms in total. The minimum absolute atomic E-state index is 1.03. The maximum atomic E-state index is 4.56. The van der Waals surface area contributed by atoms with E-state index >= 15 is 0 Å². The van der Waals surface area contributed by atoms with Crippen molar-refractivity contribution in [2.75, 3.05) is 39.8 Å². The van der Waals surface area contributed by atoms with Crippen LogP contribution in [0.3, 0.4) is 0 Å². The summed E-state index contributed by atoms with van der Waals surface area (Å²) in [5.41, 5.74) is 2.49. The van der Waals surface area contributed by atoms with Crippen LogP contribution in [0.25, 0.3) is 5.52 Å². The predicted molar refractivity (Wildman–Crippen MR) is 77.6 cm³/mol. The van der Waals surface area contributed by atoms with Crippen molar-refractivity contribution in [2.24, 2.45) is 0 Å². The summed E-state index contributed by atoms with van der Waals surface area (Å²) < 4.78 is 2.21. The fraction of sp³-hybridized carbons (Fsp3) is 0.533. The Hall–Kier alpha value is -1.39. The topological polar surface area (TPSA) is 23.8 Å². The summed E-state index contributed by atoms with van der Waals surface area (Å²) in [6.07, 6.45) is 5.14. The third-order valence-electron chi connectivity index (χ3n) is 4.01. The van der Waals surface area contributed by atoms with Gasteiger partial charge in [0.1, 0.15) is 5.82 Å². The average molecular weight is 258 g/mol. The maximum Gasteiger partial charge on any atom is 0.114 e. The number of hydrogen-bond acceptors (Lipinski definition) is 3. The summed E-state index contributed by atoms with van der Waals surface area (Å²) in [5.74, 6) is 1.17. The maximum absolute atomic E-state index is 4.56. The van der Waals surface area contributed by atoms with E-state index in [-0.39, 0.29) is 0 Å². The number of hydrogen-bond donors (Lipinski definition) is 0. The molecule has 0 atom stereocenters. The summed E-state index contributed by atoms with van der Waals surface area (Å²) in [7, 11) is 2.20. The zero-order valence-electron chi connectivity index (χ0n) is 11.8. The highest BCUT2D eigenvalue weighted by Crippen LogP contribution is 2.10. The molecule has 2 aromatic rings. The van der Waals surface area contributed by atoms with E-state index in [4.69, 9.17) is 0 Å². The molecule has 0 aromatic carbocycles. The van der Waals surface area contributed by atoms with E-state index in [1.165, 1.54) is 43.1 Å². The van der Waals surface area contributed by atoms with Gasteiger partial charge in [-0.15, -0.1) is 0 Å². The first-order valence-electron chi connectivity index (χ1n) is 7.06. The SMILES string of the molecule is Cc1ccn2c(CCN3CCN(C)CC3)ncc2c1. The normalized spacial score (nSPS) is 18.2. The van der Waals surface area contributed by atoms with Crippen LogP contribution in [0.15, 0.2) is 24.5 Å². The molecule has 0 N–H and O–H groups in total. The van der Waals surface area contributed by atoms with Crippen molar-refractivity contribution < 1.29 is 0 Å². The van der Waals surface area contributed by atoms with Crippen molar-refractivity contribution >= 4 is 5.52 Å². The van der Waals surface area contributed by atoms with Crippen LogP contribution >= 0.6 is 0 Å². The molecule has 1 saturated heterocycles. The Morgan fingerprint density at radius 3 is 2.79 bits per heavy atom. The van der Waals surface area contributed by atoms with Crippen LogP contribution in [-0.4, -0.2) is 59.0 Å². The van der Waals surface area contributed by atoms with Crippen LogP contribution < -0.4 is 0 Å². The zero-order chi connectivity index (χ0) is 13.2. The molecule has 2 aromatic heterocycles. The Morgan fingerprint density at radius 2 is 2.00 bits per heavy atom. The lowest BCUT2D eigenvalue weighted by Gasteiger charge is -2.32. The number of aryl methyl sites for hydroxylation is 1. The summed E-state index contributed by atoms with van der Waals surface area (Å²) in [5, 5.41) is 0. The van der Waals surface area contributed by atoms with E-state index in [2.05, 4.69) is 51.5 Å². The van der Waals surface area contributed by atoms with Gasteiger partial charge in [0.05, 0.1) is 11.7 Å². The van der Waals surface area contributed by atoms with Gasteiger partial charge in [-0.05, 0) is 31.7 Å². The van der Waals surface area contributed by atoms with Crippen molar-refractivity contribution in [1.29, 1.82) is 0 Å². The number of imidazole rings is 1. The molecular weight excluding hydrogens is 236 g/mol. The quantitative estimate of drug-likeness (QED) is 0.832. The van der Waals surface area contributed by atoms with Gasteiger partial charge in [0.15, 0.2) is 0 Å². The molecule has 1 aliphatic heterocycles. The lowest BCUT2D eigenvalue weighted by atomic mass is 10.2. The lowest BCUT2D eigenvalue weighted by molar-refractivity contribution is 0.155. The molecule has 0 aliphatic carbocycles. The molecule has 0 bridgehead atoms. The number of pyridine rings is 1. The van der Waals surface area contributed by atoms with Crippen LogP contribution in [0.1, 0.15) is 11.4 Å². The van der Waals surface area contributed by atoms with Crippen LogP contribution in [-0.2, 0) is 6.42 Å². The summed E-state index contributed by atoms with van der Waals surface area (Å²) in [6.45, 7) is 7.96. The van der Waals surface area contributed by atoms with Crippen molar-refractivity contribution in [1.82, 2.24) is 19.2 Å². The molecule has 1 fully saturated rings. The van der Waals surface area contributed by atoms with E-state index in [1.807, 2.05) is 6.20 Å². The van der Waals surface area contributed by atoms with Gasteiger partial charge in [-0.2, -0.15) is 0 Å². The molecule has 19 heavy (non-hydrogen) atoms. The van der Waals surface area contributed by atoms with Crippen LogP contribution in [0.4, 0.5) is 0 Å². The Morgan fingerprint density at radius 1 is 1.21 bits per heavy atom. The second kappa shape index (κ2) is 5.31. The van der Waals surface area contributed by atoms with Crippen LogP contribution in [0.2, 0.25) is 0 Å². The number of piperazine rings is 1. The molecule has 4 heteroatoms. The molecule has 102 valence electrons. The third kappa shape index (κ3) is 2.80. The lowest BCUT2D eigenvalue weighted by Crippen LogP contribution is -2.45. The van der Waals surface area contributed by atoms with Crippen molar-refractivity contribution in [3.63, 3.8) is 0 Å². The second-order valence-electron chi connectivity index (χ2n) is 5.57. The van der Waals surface area contributed by atoms with Gasteiger partial charge >= 0.3 is 0 Å². The number of aromatic nitrogens is 2. The monoisotopic (exact) mass is 258 g/mol. The second-order valence-corrected chi connectivity index (χ2v) is 5.57. The molecule has 0 amide bonds. The zero-order valence-corrected chi connectivity index (χ0v) is 11.8.